The van der Waals surface area contributed by atoms with Gasteiger partial charge in [0.1, 0.15) is 11.5 Å². The standard InChI is InChI=1S/C17H15FN4O2/c18-15-5-6-16(17(9-15)22(23)24)20-10-13-1-3-14(4-2-13)11-21-8-7-19-12-21/h1-9,12,20H,10-11H2. The van der Waals surface area contributed by atoms with Gasteiger partial charge in [-0.15, -0.1) is 0 Å². The first-order valence-corrected chi connectivity index (χ1v) is 7.33. The molecule has 0 radical (unpaired) electrons. The molecular formula is C17H15FN4O2. The topological polar surface area (TPSA) is 73.0 Å². The third-order valence-electron chi connectivity index (χ3n) is 3.59. The number of hydrogen-bond donors (Lipinski definition) is 1. The smallest absolute Gasteiger partial charge is 0.295 e. The molecule has 0 aliphatic carbocycles. The van der Waals surface area contributed by atoms with Crippen molar-refractivity contribution in [3.05, 3.63) is 88.2 Å². The van der Waals surface area contributed by atoms with Crippen molar-refractivity contribution in [1.82, 2.24) is 9.55 Å². The van der Waals surface area contributed by atoms with Crippen LogP contribution in [0.4, 0.5) is 15.8 Å². The lowest BCUT2D eigenvalue weighted by Crippen LogP contribution is -2.03. The van der Waals surface area contributed by atoms with Crippen LogP contribution in [0.3, 0.4) is 0 Å². The van der Waals surface area contributed by atoms with Crippen LogP contribution in [0.5, 0.6) is 0 Å². The van der Waals surface area contributed by atoms with Crippen LogP contribution in [0.15, 0.2) is 61.2 Å². The van der Waals surface area contributed by atoms with E-state index in [1.807, 2.05) is 35.0 Å². The summed E-state index contributed by atoms with van der Waals surface area (Å²) in [5.41, 5.74) is 2.13. The highest BCUT2D eigenvalue weighted by atomic mass is 19.1. The molecule has 0 fully saturated rings. The molecule has 0 aliphatic heterocycles. The number of hydrogen-bond acceptors (Lipinski definition) is 4. The van der Waals surface area contributed by atoms with Crippen LogP contribution in [-0.2, 0) is 13.1 Å². The molecule has 24 heavy (non-hydrogen) atoms. The fourth-order valence-corrected chi connectivity index (χ4v) is 2.36. The molecule has 0 atom stereocenters. The average molecular weight is 326 g/mol. The third-order valence-corrected chi connectivity index (χ3v) is 3.59. The van der Waals surface area contributed by atoms with Crippen LogP contribution < -0.4 is 5.32 Å². The number of nitro benzene ring substituents is 1. The largest absolute Gasteiger partial charge is 0.375 e. The van der Waals surface area contributed by atoms with Gasteiger partial charge in [-0.3, -0.25) is 10.1 Å². The first-order valence-electron chi connectivity index (χ1n) is 7.33. The van der Waals surface area contributed by atoms with E-state index in [2.05, 4.69) is 10.3 Å². The fourth-order valence-electron chi connectivity index (χ4n) is 2.36. The van der Waals surface area contributed by atoms with E-state index in [-0.39, 0.29) is 5.69 Å². The van der Waals surface area contributed by atoms with Crippen molar-refractivity contribution in [2.45, 2.75) is 13.1 Å². The van der Waals surface area contributed by atoms with Gasteiger partial charge >= 0.3 is 0 Å². The normalized spacial score (nSPS) is 10.5. The lowest BCUT2D eigenvalue weighted by atomic mass is 10.1. The zero-order valence-corrected chi connectivity index (χ0v) is 12.7. The van der Waals surface area contributed by atoms with Crippen LogP contribution in [-0.4, -0.2) is 14.5 Å². The number of nitrogens with zero attached hydrogens (tertiary/aromatic N) is 3. The molecule has 3 aromatic rings. The Bertz CT molecular complexity index is 832. The van der Waals surface area contributed by atoms with E-state index in [1.165, 1.54) is 12.1 Å². The second-order valence-electron chi connectivity index (χ2n) is 5.32. The van der Waals surface area contributed by atoms with Crippen molar-refractivity contribution in [2.75, 3.05) is 5.32 Å². The molecule has 2 aromatic carbocycles. The number of nitro groups is 1. The molecule has 0 bridgehead atoms. The molecule has 0 spiro atoms. The number of anilines is 1. The predicted octanol–water partition coefficient (Wildman–Crippen LogP) is 3.59. The Balaban J connectivity index is 1.66. The van der Waals surface area contributed by atoms with Crippen molar-refractivity contribution in [2.24, 2.45) is 0 Å². The van der Waals surface area contributed by atoms with Gasteiger partial charge in [0.2, 0.25) is 0 Å². The fraction of sp³-hybridized carbons (Fsp3) is 0.118. The van der Waals surface area contributed by atoms with Gasteiger partial charge in [0.05, 0.1) is 17.3 Å². The van der Waals surface area contributed by atoms with Crippen LogP contribution in [0, 0.1) is 15.9 Å². The second-order valence-corrected chi connectivity index (χ2v) is 5.32. The molecule has 0 amide bonds. The minimum Gasteiger partial charge on any atom is -0.375 e. The number of rotatable bonds is 6. The number of benzene rings is 2. The van der Waals surface area contributed by atoms with Crippen molar-refractivity contribution in [3.8, 4) is 0 Å². The minimum atomic E-state index is -0.629. The van der Waals surface area contributed by atoms with E-state index < -0.39 is 10.7 Å². The van der Waals surface area contributed by atoms with Gasteiger partial charge in [-0.05, 0) is 23.3 Å². The highest BCUT2D eigenvalue weighted by molar-refractivity contribution is 5.61. The molecule has 3 rings (SSSR count). The Morgan fingerprint density at radius 3 is 2.58 bits per heavy atom. The van der Waals surface area contributed by atoms with Gasteiger partial charge in [-0.1, -0.05) is 24.3 Å². The summed E-state index contributed by atoms with van der Waals surface area (Å²) >= 11 is 0. The van der Waals surface area contributed by atoms with Crippen LogP contribution >= 0.6 is 0 Å². The summed E-state index contributed by atoms with van der Waals surface area (Å²) in [5.74, 6) is -0.629. The van der Waals surface area contributed by atoms with E-state index >= 15 is 0 Å². The molecule has 6 nitrogen and oxygen atoms in total. The van der Waals surface area contributed by atoms with Gasteiger partial charge in [0.25, 0.3) is 5.69 Å². The summed E-state index contributed by atoms with van der Waals surface area (Å²) in [7, 11) is 0. The summed E-state index contributed by atoms with van der Waals surface area (Å²) in [5, 5.41) is 14.0. The zero-order chi connectivity index (χ0) is 16.9. The SMILES string of the molecule is O=[N+]([O-])c1cc(F)ccc1NCc1ccc(Cn2ccnc2)cc1. The maximum absolute atomic E-state index is 13.1. The maximum Gasteiger partial charge on any atom is 0.295 e. The molecule has 1 N–H and O–H groups in total. The highest BCUT2D eigenvalue weighted by Gasteiger charge is 2.14. The van der Waals surface area contributed by atoms with Crippen LogP contribution in [0.25, 0.3) is 0 Å². The van der Waals surface area contributed by atoms with Crippen molar-refractivity contribution < 1.29 is 9.31 Å². The monoisotopic (exact) mass is 326 g/mol. The highest BCUT2D eigenvalue weighted by Crippen LogP contribution is 2.25. The minimum absolute atomic E-state index is 0.272. The van der Waals surface area contributed by atoms with E-state index in [9.17, 15) is 14.5 Å². The summed E-state index contributed by atoms with van der Waals surface area (Å²) in [6.07, 6.45) is 5.38. The van der Waals surface area contributed by atoms with Crippen LogP contribution in [0.2, 0.25) is 0 Å². The Morgan fingerprint density at radius 2 is 1.92 bits per heavy atom. The molecule has 0 saturated carbocycles. The molecule has 0 aliphatic rings. The predicted molar refractivity (Wildman–Crippen MR) is 88.2 cm³/mol. The zero-order valence-electron chi connectivity index (χ0n) is 12.7. The number of aromatic nitrogens is 2. The van der Waals surface area contributed by atoms with E-state index in [4.69, 9.17) is 0 Å². The summed E-state index contributed by atoms with van der Waals surface area (Å²) < 4.78 is 15.1. The number of halogens is 1. The van der Waals surface area contributed by atoms with Gasteiger partial charge in [0, 0.05) is 25.5 Å². The Labute approximate surface area is 137 Å². The summed E-state index contributed by atoms with van der Waals surface area (Å²) in [6.45, 7) is 1.15. The number of nitrogens with one attached hydrogen (secondary N) is 1. The molecule has 1 heterocycles. The molecular weight excluding hydrogens is 311 g/mol. The first kappa shape index (κ1) is 15.7. The number of imidazole rings is 1. The van der Waals surface area contributed by atoms with Gasteiger partial charge in [-0.2, -0.15) is 0 Å². The summed E-state index contributed by atoms with van der Waals surface area (Å²) in [6, 6.07) is 11.4. The van der Waals surface area contributed by atoms with Crippen LogP contribution in [0.1, 0.15) is 11.1 Å². The Morgan fingerprint density at radius 1 is 1.17 bits per heavy atom. The third kappa shape index (κ3) is 3.75. The lowest BCUT2D eigenvalue weighted by molar-refractivity contribution is -0.384. The maximum atomic E-state index is 13.1. The quantitative estimate of drug-likeness (QED) is 0.555. The second kappa shape index (κ2) is 6.91. The van der Waals surface area contributed by atoms with Crippen molar-refractivity contribution in [3.63, 3.8) is 0 Å². The van der Waals surface area contributed by atoms with Crippen molar-refractivity contribution >= 4 is 11.4 Å². The Kier molecular flexibility index (Phi) is 4.51. The molecule has 7 heteroatoms. The van der Waals surface area contributed by atoms with Gasteiger partial charge in [-0.25, -0.2) is 9.37 Å². The lowest BCUT2D eigenvalue weighted by Gasteiger charge is -2.08. The van der Waals surface area contributed by atoms with Gasteiger partial charge < -0.3 is 9.88 Å². The molecule has 0 unspecified atom stereocenters. The first-order chi connectivity index (χ1) is 11.6. The summed E-state index contributed by atoms with van der Waals surface area (Å²) in [4.78, 5) is 14.4. The average Bonchev–Trinajstić information content (AvgIpc) is 3.08. The van der Waals surface area contributed by atoms with Gasteiger partial charge in [0.15, 0.2) is 0 Å². The van der Waals surface area contributed by atoms with E-state index in [0.717, 1.165) is 23.7 Å². The molecule has 1 aromatic heterocycles. The van der Waals surface area contributed by atoms with E-state index in [0.29, 0.717) is 12.2 Å². The molecule has 0 saturated heterocycles. The van der Waals surface area contributed by atoms with E-state index in [1.54, 1.807) is 12.5 Å². The Hall–Kier alpha value is -3.22. The van der Waals surface area contributed by atoms with Crippen molar-refractivity contribution in [1.29, 1.82) is 0 Å². The molecule has 122 valence electrons.